The van der Waals surface area contributed by atoms with Crippen molar-refractivity contribution in [2.75, 3.05) is 32.8 Å². The van der Waals surface area contributed by atoms with Crippen LogP contribution in [0, 0.1) is 5.92 Å². The third kappa shape index (κ3) is 4.17. The normalized spacial score (nSPS) is 20.2. The Morgan fingerprint density at radius 3 is 2.60 bits per heavy atom. The lowest BCUT2D eigenvalue weighted by molar-refractivity contribution is 0.204. The first-order valence-electron chi connectivity index (χ1n) is 6.58. The summed E-state index contributed by atoms with van der Waals surface area (Å²) in [5.41, 5.74) is 0. The summed E-state index contributed by atoms with van der Waals surface area (Å²) in [4.78, 5) is 2.33. The molecule has 0 spiro atoms. The van der Waals surface area contributed by atoms with Crippen molar-refractivity contribution in [2.45, 2.75) is 11.3 Å². The minimum absolute atomic E-state index is 0.0789. The van der Waals surface area contributed by atoms with Crippen molar-refractivity contribution in [1.29, 1.82) is 0 Å². The first-order valence-corrected chi connectivity index (χ1v) is 8.12. The van der Waals surface area contributed by atoms with Crippen LogP contribution in [0.15, 0.2) is 29.2 Å². The van der Waals surface area contributed by atoms with Gasteiger partial charge < -0.3 is 9.84 Å². The molecule has 0 aliphatic carbocycles. The number of primary sulfonamides is 1. The second kappa shape index (κ2) is 6.53. The van der Waals surface area contributed by atoms with Gasteiger partial charge in [0, 0.05) is 19.7 Å². The van der Waals surface area contributed by atoms with E-state index in [0.717, 1.165) is 26.1 Å². The molecule has 0 saturated carbocycles. The minimum Gasteiger partial charge on any atom is -0.492 e. The van der Waals surface area contributed by atoms with E-state index in [0.29, 0.717) is 18.3 Å². The molecule has 6 nitrogen and oxygen atoms in total. The maximum Gasteiger partial charge on any atom is 0.238 e. The Labute approximate surface area is 119 Å². The number of aliphatic hydroxyl groups is 1. The molecule has 0 radical (unpaired) electrons. The lowest BCUT2D eigenvalue weighted by Crippen LogP contribution is -2.26. The molecule has 0 bridgehead atoms. The summed E-state index contributed by atoms with van der Waals surface area (Å²) in [6, 6.07) is 6.06. The predicted octanol–water partition coefficient (Wildman–Crippen LogP) is 0.0270. The fourth-order valence-electron chi connectivity index (χ4n) is 2.28. The highest BCUT2D eigenvalue weighted by molar-refractivity contribution is 7.89. The van der Waals surface area contributed by atoms with Gasteiger partial charge >= 0.3 is 0 Å². The maximum atomic E-state index is 11.1. The number of benzene rings is 1. The molecule has 1 aliphatic heterocycles. The molecule has 7 heteroatoms. The van der Waals surface area contributed by atoms with E-state index in [1.165, 1.54) is 12.1 Å². The van der Waals surface area contributed by atoms with E-state index < -0.39 is 10.0 Å². The standard InChI is InChI=1S/C13H20N2O4S/c14-20(17,18)13-3-1-12(2-4-13)19-8-7-15-6-5-11(9-15)10-16/h1-4,11,16H,5-10H2,(H2,14,17,18). The number of hydrogen-bond acceptors (Lipinski definition) is 5. The van der Waals surface area contributed by atoms with Crippen LogP contribution in [-0.4, -0.2) is 51.3 Å². The van der Waals surface area contributed by atoms with E-state index in [-0.39, 0.29) is 11.5 Å². The molecule has 0 amide bonds. The Morgan fingerprint density at radius 2 is 2.05 bits per heavy atom. The summed E-state index contributed by atoms with van der Waals surface area (Å²) in [7, 11) is -3.65. The van der Waals surface area contributed by atoms with E-state index in [9.17, 15) is 8.42 Å². The molecule has 1 unspecified atom stereocenters. The van der Waals surface area contributed by atoms with Crippen molar-refractivity contribution in [3.05, 3.63) is 24.3 Å². The lowest BCUT2D eigenvalue weighted by Gasteiger charge is -2.15. The Morgan fingerprint density at radius 1 is 1.35 bits per heavy atom. The maximum absolute atomic E-state index is 11.1. The van der Waals surface area contributed by atoms with Crippen LogP contribution in [-0.2, 0) is 10.0 Å². The molecule has 112 valence electrons. The average molecular weight is 300 g/mol. The second-order valence-corrected chi connectivity index (χ2v) is 6.56. The molecule has 1 aliphatic rings. The largest absolute Gasteiger partial charge is 0.492 e. The number of nitrogens with two attached hydrogens (primary N) is 1. The Kier molecular flexibility index (Phi) is 4.98. The molecular weight excluding hydrogens is 280 g/mol. The topological polar surface area (TPSA) is 92.9 Å². The summed E-state index contributed by atoms with van der Waals surface area (Å²) in [6.07, 6.45) is 1.03. The summed E-state index contributed by atoms with van der Waals surface area (Å²) in [6.45, 7) is 3.47. The van der Waals surface area contributed by atoms with Gasteiger partial charge in [-0.2, -0.15) is 0 Å². The van der Waals surface area contributed by atoms with Gasteiger partial charge in [0.25, 0.3) is 0 Å². The fraction of sp³-hybridized carbons (Fsp3) is 0.538. The summed E-state index contributed by atoms with van der Waals surface area (Å²) in [5.74, 6) is 0.999. The van der Waals surface area contributed by atoms with Crippen LogP contribution in [0.4, 0.5) is 0 Å². The first kappa shape index (κ1) is 15.2. The van der Waals surface area contributed by atoms with Gasteiger partial charge in [0.15, 0.2) is 0 Å². The number of aliphatic hydroxyl groups excluding tert-OH is 1. The SMILES string of the molecule is NS(=O)(=O)c1ccc(OCCN2CCC(CO)C2)cc1. The highest BCUT2D eigenvalue weighted by atomic mass is 32.2. The minimum atomic E-state index is -3.65. The van der Waals surface area contributed by atoms with E-state index in [2.05, 4.69) is 4.90 Å². The fourth-order valence-corrected chi connectivity index (χ4v) is 2.80. The van der Waals surface area contributed by atoms with Gasteiger partial charge in [0.2, 0.25) is 10.0 Å². The van der Waals surface area contributed by atoms with Crippen LogP contribution in [0.3, 0.4) is 0 Å². The molecule has 1 aromatic rings. The quantitative estimate of drug-likeness (QED) is 0.773. The van der Waals surface area contributed by atoms with Crippen LogP contribution in [0.25, 0.3) is 0 Å². The summed E-state index contributed by atoms with van der Waals surface area (Å²) >= 11 is 0. The molecule has 1 heterocycles. The third-order valence-corrected chi connectivity index (χ3v) is 4.39. The molecule has 0 aromatic heterocycles. The van der Waals surface area contributed by atoms with Gasteiger partial charge in [-0.25, -0.2) is 13.6 Å². The Balaban J connectivity index is 1.77. The highest BCUT2D eigenvalue weighted by Crippen LogP contribution is 2.17. The number of hydrogen-bond donors (Lipinski definition) is 2. The number of ether oxygens (including phenoxy) is 1. The molecule has 1 aromatic carbocycles. The van der Waals surface area contributed by atoms with Crippen molar-refractivity contribution in [3.63, 3.8) is 0 Å². The Hall–Kier alpha value is -1.15. The van der Waals surface area contributed by atoms with Gasteiger partial charge in [-0.15, -0.1) is 0 Å². The molecule has 1 atom stereocenters. The van der Waals surface area contributed by atoms with Gasteiger partial charge in [0.05, 0.1) is 4.90 Å². The third-order valence-electron chi connectivity index (χ3n) is 3.46. The second-order valence-electron chi connectivity index (χ2n) is 5.00. The van der Waals surface area contributed by atoms with Crippen LogP contribution in [0.5, 0.6) is 5.75 Å². The number of nitrogens with zero attached hydrogens (tertiary/aromatic N) is 1. The van der Waals surface area contributed by atoms with E-state index >= 15 is 0 Å². The van der Waals surface area contributed by atoms with Crippen LogP contribution in [0.1, 0.15) is 6.42 Å². The molecule has 2 rings (SSSR count). The van der Waals surface area contributed by atoms with Crippen molar-refractivity contribution < 1.29 is 18.3 Å². The van der Waals surface area contributed by atoms with E-state index in [1.54, 1.807) is 12.1 Å². The van der Waals surface area contributed by atoms with E-state index in [4.69, 9.17) is 15.0 Å². The zero-order chi connectivity index (χ0) is 14.6. The Bertz CT molecular complexity index is 530. The number of rotatable bonds is 6. The van der Waals surface area contributed by atoms with Crippen molar-refractivity contribution in [3.8, 4) is 5.75 Å². The highest BCUT2D eigenvalue weighted by Gasteiger charge is 2.21. The lowest BCUT2D eigenvalue weighted by atomic mass is 10.1. The van der Waals surface area contributed by atoms with Crippen LogP contribution >= 0.6 is 0 Å². The van der Waals surface area contributed by atoms with E-state index in [1.807, 2.05) is 0 Å². The molecule has 1 fully saturated rings. The van der Waals surface area contributed by atoms with Gasteiger partial charge in [-0.1, -0.05) is 0 Å². The molecular formula is C13H20N2O4S. The number of likely N-dealkylation sites (tertiary alicyclic amines) is 1. The molecule has 20 heavy (non-hydrogen) atoms. The number of sulfonamides is 1. The monoisotopic (exact) mass is 300 g/mol. The molecule has 1 saturated heterocycles. The smallest absolute Gasteiger partial charge is 0.238 e. The van der Waals surface area contributed by atoms with Crippen LogP contribution in [0.2, 0.25) is 0 Å². The summed E-state index contributed by atoms with van der Waals surface area (Å²) < 4.78 is 27.8. The molecule has 3 N–H and O–H groups in total. The van der Waals surface area contributed by atoms with Crippen molar-refractivity contribution >= 4 is 10.0 Å². The average Bonchev–Trinajstić information content (AvgIpc) is 2.86. The van der Waals surface area contributed by atoms with Gasteiger partial charge in [-0.3, -0.25) is 4.90 Å². The van der Waals surface area contributed by atoms with Crippen molar-refractivity contribution in [1.82, 2.24) is 4.90 Å². The van der Waals surface area contributed by atoms with Gasteiger partial charge in [-0.05, 0) is 43.1 Å². The zero-order valence-corrected chi connectivity index (χ0v) is 12.1. The predicted molar refractivity (Wildman–Crippen MR) is 74.9 cm³/mol. The first-order chi connectivity index (χ1) is 9.49. The van der Waals surface area contributed by atoms with Crippen LogP contribution < -0.4 is 9.88 Å². The zero-order valence-electron chi connectivity index (χ0n) is 11.2. The van der Waals surface area contributed by atoms with Gasteiger partial charge in [0.1, 0.15) is 12.4 Å². The summed E-state index contributed by atoms with van der Waals surface area (Å²) in [5, 5.41) is 14.1. The van der Waals surface area contributed by atoms with Crippen molar-refractivity contribution in [2.24, 2.45) is 11.1 Å².